The highest BCUT2D eigenvalue weighted by Gasteiger charge is 2.27. The SMILES string of the molecule is O=C(NC(c1ccccc1)C1CCCCC1)c1cnc2sccn2c1=O. The number of rotatable bonds is 4. The third-order valence-corrected chi connectivity index (χ3v) is 5.92. The average molecular weight is 367 g/mol. The van der Waals surface area contributed by atoms with Crippen LogP contribution in [-0.4, -0.2) is 15.3 Å². The van der Waals surface area contributed by atoms with Crippen LogP contribution in [0.1, 0.15) is 54.1 Å². The molecule has 1 fully saturated rings. The van der Waals surface area contributed by atoms with Crippen molar-refractivity contribution in [3.05, 3.63) is 69.6 Å². The lowest BCUT2D eigenvalue weighted by molar-refractivity contribution is 0.0910. The molecule has 0 aliphatic heterocycles. The zero-order valence-corrected chi connectivity index (χ0v) is 15.2. The van der Waals surface area contributed by atoms with E-state index in [1.54, 1.807) is 11.6 Å². The van der Waals surface area contributed by atoms with Crippen LogP contribution in [0.3, 0.4) is 0 Å². The van der Waals surface area contributed by atoms with Crippen molar-refractivity contribution in [3.63, 3.8) is 0 Å². The number of amides is 1. The van der Waals surface area contributed by atoms with Gasteiger partial charge in [0.25, 0.3) is 11.5 Å². The standard InChI is InChI=1S/C20H21N3O2S/c24-18(16-13-21-20-23(19(16)25)11-12-26-20)22-17(14-7-3-1-4-8-14)15-9-5-2-6-10-15/h1,3-4,7-8,11-13,15,17H,2,5-6,9-10H2,(H,22,24). The predicted octanol–water partition coefficient (Wildman–Crippen LogP) is 3.81. The minimum Gasteiger partial charge on any atom is -0.345 e. The second-order valence-electron chi connectivity index (χ2n) is 6.79. The fourth-order valence-electron chi connectivity index (χ4n) is 3.80. The highest BCUT2D eigenvalue weighted by molar-refractivity contribution is 7.15. The fraction of sp³-hybridized carbons (Fsp3) is 0.350. The molecule has 0 bridgehead atoms. The molecule has 26 heavy (non-hydrogen) atoms. The third-order valence-electron chi connectivity index (χ3n) is 5.15. The van der Waals surface area contributed by atoms with E-state index in [1.807, 2.05) is 30.3 Å². The molecule has 2 aromatic heterocycles. The lowest BCUT2D eigenvalue weighted by atomic mass is 9.81. The Bertz CT molecular complexity index is 958. The van der Waals surface area contributed by atoms with Crippen LogP contribution in [0.2, 0.25) is 0 Å². The number of carbonyl (C=O) groups is 1. The van der Waals surface area contributed by atoms with Gasteiger partial charge in [0.15, 0.2) is 4.96 Å². The number of benzene rings is 1. The number of fused-ring (bicyclic) bond motifs is 1. The van der Waals surface area contributed by atoms with E-state index < -0.39 is 0 Å². The first-order valence-electron chi connectivity index (χ1n) is 9.05. The monoisotopic (exact) mass is 367 g/mol. The molecule has 134 valence electrons. The third kappa shape index (κ3) is 3.29. The van der Waals surface area contributed by atoms with E-state index >= 15 is 0 Å². The molecule has 0 radical (unpaired) electrons. The predicted molar refractivity (Wildman–Crippen MR) is 103 cm³/mol. The van der Waals surface area contributed by atoms with E-state index in [1.165, 1.54) is 41.2 Å². The van der Waals surface area contributed by atoms with Crippen molar-refractivity contribution in [2.24, 2.45) is 5.92 Å². The van der Waals surface area contributed by atoms with Crippen molar-refractivity contribution in [1.82, 2.24) is 14.7 Å². The highest BCUT2D eigenvalue weighted by Crippen LogP contribution is 2.34. The molecule has 1 atom stereocenters. The Morgan fingerprint density at radius 3 is 2.73 bits per heavy atom. The smallest absolute Gasteiger partial charge is 0.271 e. The van der Waals surface area contributed by atoms with Crippen LogP contribution in [0.15, 0.2) is 52.9 Å². The Morgan fingerprint density at radius 2 is 1.96 bits per heavy atom. The molecule has 0 saturated heterocycles. The van der Waals surface area contributed by atoms with Crippen LogP contribution < -0.4 is 10.9 Å². The van der Waals surface area contributed by atoms with E-state index in [0.29, 0.717) is 10.9 Å². The van der Waals surface area contributed by atoms with Crippen LogP contribution in [0.5, 0.6) is 0 Å². The summed E-state index contributed by atoms with van der Waals surface area (Å²) >= 11 is 1.38. The average Bonchev–Trinajstić information content (AvgIpc) is 3.17. The van der Waals surface area contributed by atoms with Gasteiger partial charge in [-0.05, 0) is 24.3 Å². The Labute approximate surface area is 155 Å². The summed E-state index contributed by atoms with van der Waals surface area (Å²) in [7, 11) is 0. The van der Waals surface area contributed by atoms with E-state index in [0.717, 1.165) is 18.4 Å². The summed E-state index contributed by atoms with van der Waals surface area (Å²) in [4.78, 5) is 30.3. The van der Waals surface area contributed by atoms with Gasteiger partial charge >= 0.3 is 0 Å². The van der Waals surface area contributed by atoms with E-state index in [-0.39, 0.29) is 23.1 Å². The lowest BCUT2D eigenvalue weighted by Crippen LogP contribution is -2.37. The van der Waals surface area contributed by atoms with Crippen molar-refractivity contribution in [2.75, 3.05) is 0 Å². The molecule has 1 N–H and O–H groups in total. The maximum Gasteiger partial charge on any atom is 0.271 e. The molecule has 5 nitrogen and oxygen atoms in total. The van der Waals surface area contributed by atoms with Crippen LogP contribution >= 0.6 is 11.3 Å². The topological polar surface area (TPSA) is 63.5 Å². The maximum absolute atomic E-state index is 12.9. The number of hydrogen-bond donors (Lipinski definition) is 1. The normalized spacial score (nSPS) is 16.5. The van der Waals surface area contributed by atoms with Crippen LogP contribution in [-0.2, 0) is 0 Å². The van der Waals surface area contributed by atoms with Crippen LogP contribution in [0.4, 0.5) is 0 Å². The van der Waals surface area contributed by atoms with Crippen LogP contribution in [0.25, 0.3) is 4.96 Å². The number of hydrogen-bond acceptors (Lipinski definition) is 4. The van der Waals surface area contributed by atoms with E-state index in [2.05, 4.69) is 10.3 Å². The molecule has 1 saturated carbocycles. The molecule has 1 aliphatic carbocycles. The number of aromatic nitrogens is 2. The summed E-state index contributed by atoms with van der Waals surface area (Å²) in [5.74, 6) is 0.0539. The Morgan fingerprint density at radius 1 is 1.19 bits per heavy atom. The molecule has 3 aromatic rings. The molecular weight excluding hydrogens is 346 g/mol. The van der Waals surface area contributed by atoms with Gasteiger partial charge in [-0.2, -0.15) is 0 Å². The van der Waals surface area contributed by atoms with Crippen molar-refractivity contribution in [1.29, 1.82) is 0 Å². The van der Waals surface area contributed by atoms with Gasteiger partial charge in [0.05, 0.1) is 6.04 Å². The number of carbonyl (C=O) groups excluding carboxylic acids is 1. The fourth-order valence-corrected chi connectivity index (χ4v) is 4.48. The molecule has 2 heterocycles. The first kappa shape index (κ1) is 17.0. The summed E-state index contributed by atoms with van der Waals surface area (Å²) in [6, 6.07) is 9.98. The minimum absolute atomic E-state index is 0.0772. The van der Waals surface area contributed by atoms with Crippen molar-refractivity contribution < 1.29 is 4.79 Å². The molecule has 6 heteroatoms. The number of nitrogens with zero attached hydrogens (tertiary/aromatic N) is 2. The lowest BCUT2D eigenvalue weighted by Gasteiger charge is -2.31. The Hall–Kier alpha value is -2.47. The first-order chi connectivity index (χ1) is 12.7. The van der Waals surface area contributed by atoms with E-state index in [4.69, 9.17) is 0 Å². The molecular formula is C20H21N3O2S. The zero-order valence-electron chi connectivity index (χ0n) is 14.4. The largest absolute Gasteiger partial charge is 0.345 e. The van der Waals surface area contributed by atoms with Crippen LogP contribution in [0, 0.1) is 5.92 Å². The summed E-state index contributed by atoms with van der Waals surface area (Å²) in [5, 5.41) is 4.92. The Kier molecular flexibility index (Phi) is 4.84. The van der Waals surface area contributed by atoms with Gasteiger partial charge in [0.2, 0.25) is 0 Å². The summed E-state index contributed by atoms with van der Waals surface area (Å²) in [6.45, 7) is 0. The zero-order chi connectivity index (χ0) is 17.9. The van der Waals surface area contributed by atoms with Gasteiger partial charge in [-0.25, -0.2) is 4.98 Å². The summed E-state index contributed by atoms with van der Waals surface area (Å²) in [6.07, 6.45) is 8.88. The van der Waals surface area contributed by atoms with Gasteiger partial charge in [-0.1, -0.05) is 49.6 Å². The van der Waals surface area contributed by atoms with E-state index in [9.17, 15) is 9.59 Å². The number of nitrogens with one attached hydrogen (secondary N) is 1. The first-order valence-corrected chi connectivity index (χ1v) is 9.92. The number of thiazole rings is 1. The van der Waals surface area contributed by atoms with Crippen molar-refractivity contribution in [2.45, 2.75) is 38.1 Å². The minimum atomic E-state index is -0.345. The van der Waals surface area contributed by atoms with Gasteiger partial charge in [0, 0.05) is 17.8 Å². The maximum atomic E-state index is 12.9. The van der Waals surface area contributed by atoms with Crippen molar-refractivity contribution in [3.8, 4) is 0 Å². The van der Waals surface area contributed by atoms with Crippen molar-refractivity contribution >= 4 is 22.2 Å². The summed E-state index contributed by atoms with van der Waals surface area (Å²) in [5.41, 5.74) is 0.874. The highest BCUT2D eigenvalue weighted by atomic mass is 32.1. The molecule has 0 spiro atoms. The molecule has 1 aromatic carbocycles. The molecule has 1 amide bonds. The van der Waals surface area contributed by atoms with Gasteiger partial charge in [0.1, 0.15) is 5.56 Å². The van der Waals surface area contributed by atoms with Gasteiger partial charge in [-0.3, -0.25) is 14.0 Å². The molecule has 1 aliphatic rings. The van der Waals surface area contributed by atoms with Gasteiger partial charge in [-0.15, -0.1) is 11.3 Å². The van der Waals surface area contributed by atoms with Gasteiger partial charge < -0.3 is 5.32 Å². The second-order valence-corrected chi connectivity index (χ2v) is 7.67. The quantitative estimate of drug-likeness (QED) is 0.763. The molecule has 4 rings (SSSR count). The molecule has 1 unspecified atom stereocenters. The Balaban J connectivity index is 1.64. The summed E-state index contributed by atoms with van der Waals surface area (Å²) < 4.78 is 1.43. The second kappa shape index (κ2) is 7.41.